The third-order valence-electron chi connectivity index (χ3n) is 3.45. The van der Waals surface area contributed by atoms with E-state index in [1.807, 2.05) is 18.2 Å². The van der Waals surface area contributed by atoms with Gasteiger partial charge in [0.1, 0.15) is 0 Å². The van der Waals surface area contributed by atoms with E-state index in [0.29, 0.717) is 18.9 Å². The summed E-state index contributed by atoms with van der Waals surface area (Å²) in [4.78, 5) is 16.4. The number of carbonyl (C=O) groups is 1. The summed E-state index contributed by atoms with van der Waals surface area (Å²) in [6.45, 7) is 0.552. The van der Waals surface area contributed by atoms with E-state index in [1.54, 1.807) is 11.3 Å². The fourth-order valence-corrected chi connectivity index (χ4v) is 3.09. The molecule has 0 unspecified atom stereocenters. The minimum absolute atomic E-state index is 0.0924. The van der Waals surface area contributed by atoms with E-state index in [0.717, 1.165) is 12.1 Å². The van der Waals surface area contributed by atoms with Crippen LogP contribution in [0.1, 0.15) is 41.4 Å². The van der Waals surface area contributed by atoms with Crippen molar-refractivity contribution in [2.75, 3.05) is 0 Å². The van der Waals surface area contributed by atoms with Crippen LogP contribution in [-0.2, 0) is 17.8 Å². The Kier molecular flexibility index (Phi) is 4.11. The maximum atomic E-state index is 11.8. The summed E-state index contributed by atoms with van der Waals surface area (Å²) in [5.41, 5.74) is 2.19. The molecule has 0 bridgehead atoms. The molecule has 1 N–H and O–H groups in total. The number of aryl methyl sites for hydroxylation is 1. The summed E-state index contributed by atoms with van der Waals surface area (Å²) in [5, 5.41) is 6.24. The van der Waals surface area contributed by atoms with Crippen LogP contribution in [0.3, 0.4) is 0 Å². The second-order valence-electron chi connectivity index (χ2n) is 5.21. The molecule has 0 aliphatic heterocycles. The SMILES string of the molecule is O=C(CCc1ccccc1)NCc1csc(C2CC2)n1. The van der Waals surface area contributed by atoms with Gasteiger partial charge in [0.15, 0.2) is 0 Å². The van der Waals surface area contributed by atoms with Crippen molar-refractivity contribution in [3.05, 3.63) is 52.0 Å². The third kappa shape index (κ3) is 3.67. The number of rotatable bonds is 6. The first-order valence-corrected chi connectivity index (χ1v) is 7.94. The maximum Gasteiger partial charge on any atom is 0.220 e. The Labute approximate surface area is 123 Å². The Balaban J connectivity index is 1.42. The number of hydrogen-bond donors (Lipinski definition) is 1. The Bertz CT molecular complexity index is 575. The van der Waals surface area contributed by atoms with Gasteiger partial charge in [-0.2, -0.15) is 0 Å². The molecule has 3 rings (SSSR count). The van der Waals surface area contributed by atoms with E-state index in [1.165, 1.54) is 23.4 Å². The number of amides is 1. The van der Waals surface area contributed by atoms with Crippen molar-refractivity contribution in [1.29, 1.82) is 0 Å². The molecule has 0 spiro atoms. The largest absolute Gasteiger partial charge is 0.350 e. The molecule has 20 heavy (non-hydrogen) atoms. The fraction of sp³-hybridized carbons (Fsp3) is 0.375. The quantitative estimate of drug-likeness (QED) is 0.885. The first-order valence-electron chi connectivity index (χ1n) is 7.06. The molecular weight excluding hydrogens is 268 g/mol. The summed E-state index contributed by atoms with van der Waals surface area (Å²) < 4.78 is 0. The standard InChI is InChI=1S/C16H18N2OS/c19-15(9-6-12-4-2-1-3-5-12)17-10-14-11-20-16(18-14)13-7-8-13/h1-5,11,13H,6-10H2,(H,17,19). The number of thiazole rings is 1. The molecule has 1 aromatic carbocycles. The zero-order valence-corrected chi connectivity index (χ0v) is 12.2. The fourth-order valence-electron chi connectivity index (χ4n) is 2.10. The van der Waals surface area contributed by atoms with Crippen LogP contribution in [-0.4, -0.2) is 10.9 Å². The van der Waals surface area contributed by atoms with Crippen molar-refractivity contribution in [2.45, 2.75) is 38.1 Å². The second kappa shape index (κ2) is 6.18. The van der Waals surface area contributed by atoms with E-state index in [2.05, 4.69) is 27.8 Å². The molecule has 3 nitrogen and oxygen atoms in total. The molecule has 1 heterocycles. The zero-order valence-electron chi connectivity index (χ0n) is 11.3. The Morgan fingerprint density at radius 3 is 2.85 bits per heavy atom. The molecule has 0 saturated heterocycles. The number of carbonyl (C=O) groups excluding carboxylic acids is 1. The van der Waals surface area contributed by atoms with E-state index in [4.69, 9.17) is 0 Å². The van der Waals surface area contributed by atoms with Gasteiger partial charge < -0.3 is 5.32 Å². The summed E-state index contributed by atoms with van der Waals surface area (Å²) in [6.07, 6.45) is 3.87. The van der Waals surface area contributed by atoms with Gasteiger partial charge in [0, 0.05) is 17.7 Å². The summed E-state index contributed by atoms with van der Waals surface area (Å²) in [7, 11) is 0. The molecule has 1 amide bonds. The number of hydrogen-bond acceptors (Lipinski definition) is 3. The summed E-state index contributed by atoms with van der Waals surface area (Å²) >= 11 is 1.72. The molecule has 1 fully saturated rings. The lowest BCUT2D eigenvalue weighted by Gasteiger charge is -2.03. The van der Waals surface area contributed by atoms with Crippen LogP contribution in [0.2, 0.25) is 0 Å². The predicted molar refractivity (Wildman–Crippen MR) is 80.7 cm³/mol. The third-order valence-corrected chi connectivity index (χ3v) is 4.50. The van der Waals surface area contributed by atoms with Crippen LogP contribution in [0, 0.1) is 0 Å². The second-order valence-corrected chi connectivity index (χ2v) is 6.10. The predicted octanol–water partition coefficient (Wildman–Crippen LogP) is 3.27. The first kappa shape index (κ1) is 13.3. The molecule has 1 saturated carbocycles. The minimum Gasteiger partial charge on any atom is -0.350 e. The van der Waals surface area contributed by atoms with Crippen molar-refractivity contribution < 1.29 is 4.79 Å². The average molecular weight is 286 g/mol. The van der Waals surface area contributed by atoms with Crippen LogP contribution in [0.5, 0.6) is 0 Å². The number of nitrogens with zero attached hydrogens (tertiary/aromatic N) is 1. The summed E-state index contributed by atoms with van der Waals surface area (Å²) in [6, 6.07) is 10.1. The molecule has 2 aromatic rings. The highest BCUT2D eigenvalue weighted by molar-refractivity contribution is 7.09. The van der Waals surface area contributed by atoms with Crippen molar-refractivity contribution in [2.24, 2.45) is 0 Å². The van der Waals surface area contributed by atoms with Crippen molar-refractivity contribution >= 4 is 17.2 Å². The monoisotopic (exact) mass is 286 g/mol. The normalized spacial score (nSPS) is 14.2. The van der Waals surface area contributed by atoms with Gasteiger partial charge in [-0.3, -0.25) is 4.79 Å². The van der Waals surface area contributed by atoms with E-state index >= 15 is 0 Å². The van der Waals surface area contributed by atoms with E-state index < -0.39 is 0 Å². The molecule has 4 heteroatoms. The Morgan fingerprint density at radius 2 is 2.10 bits per heavy atom. The lowest BCUT2D eigenvalue weighted by molar-refractivity contribution is -0.121. The number of nitrogens with one attached hydrogen (secondary N) is 1. The van der Waals surface area contributed by atoms with Gasteiger partial charge in [-0.05, 0) is 24.8 Å². The Morgan fingerprint density at radius 1 is 1.30 bits per heavy atom. The average Bonchev–Trinajstić information content (AvgIpc) is 3.23. The molecule has 1 aromatic heterocycles. The van der Waals surface area contributed by atoms with Gasteiger partial charge in [-0.15, -0.1) is 11.3 Å². The highest BCUT2D eigenvalue weighted by atomic mass is 32.1. The van der Waals surface area contributed by atoms with Gasteiger partial charge in [0.05, 0.1) is 17.2 Å². The lowest BCUT2D eigenvalue weighted by Crippen LogP contribution is -2.23. The molecule has 104 valence electrons. The number of benzene rings is 1. The molecule has 1 aliphatic rings. The topological polar surface area (TPSA) is 42.0 Å². The molecule has 0 radical (unpaired) electrons. The highest BCUT2D eigenvalue weighted by Gasteiger charge is 2.26. The van der Waals surface area contributed by atoms with Crippen molar-refractivity contribution in [1.82, 2.24) is 10.3 Å². The van der Waals surface area contributed by atoms with Gasteiger partial charge in [0.2, 0.25) is 5.91 Å². The number of aromatic nitrogens is 1. The van der Waals surface area contributed by atoms with Crippen LogP contribution in [0.4, 0.5) is 0 Å². The van der Waals surface area contributed by atoms with Gasteiger partial charge in [0.25, 0.3) is 0 Å². The van der Waals surface area contributed by atoms with Crippen molar-refractivity contribution in [3.8, 4) is 0 Å². The van der Waals surface area contributed by atoms with Crippen LogP contribution >= 0.6 is 11.3 Å². The van der Waals surface area contributed by atoms with Crippen LogP contribution in [0.25, 0.3) is 0 Å². The van der Waals surface area contributed by atoms with Gasteiger partial charge >= 0.3 is 0 Å². The summed E-state index contributed by atoms with van der Waals surface area (Å²) in [5.74, 6) is 0.789. The van der Waals surface area contributed by atoms with Crippen molar-refractivity contribution in [3.63, 3.8) is 0 Å². The molecule has 1 aliphatic carbocycles. The van der Waals surface area contributed by atoms with Gasteiger partial charge in [-0.1, -0.05) is 30.3 Å². The van der Waals surface area contributed by atoms with Crippen LogP contribution in [0.15, 0.2) is 35.7 Å². The maximum absolute atomic E-state index is 11.8. The zero-order chi connectivity index (χ0) is 13.8. The first-order chi connectivity index (χ1) is 9.81. The minimum atomic E-state index is 0.0924. The van der Waals surface area contributed by atoms with E-state index in [9.17, 15) is 4.79 Å². The van der Waals surface area contributed by atoms with E-state index in [-0.39, 0.29) is 5.91 Å². The molecular formula is C16H18N2OS. The smallest absolute Gasteiger partial charge is 0.220 e. The lowest BCUT2D eigenvalue weighted by atomic mass is 10.1. The Hall–Kier alpha value is -1.68. The van der Waals surface area contributed by atoms with Crippen LogP contribution < -0.4 is 5.32 Å². The molecule has 0 atom stereocenters. The van der Waals surface area contributed by atoms with Gasteiger partial charge in [-0.25, -0.2) is 4.98 Å². The highest BCUT2D eigenvalue weighted by Crippen LogP contribution is 2.41.